The van der Waals surface area contributed by atoms with E-state index in [1.807, 2.05) is 19.9 Å². The maximum Gasteiger partial charge on any atom is 0.166 e. The Hall–Kier alpha value is -0.920. The molecule has 2 heteroatoms. The van der Waals surface area contributed by atoms with Gasteiger partial charge in [-0.1, -0.05) is 39.7 Å². The summed E-state index contributed by atoms with van der Waals surface area (Å²) in [5, 5.41) is 0. The smallest absolute Gasteiger partial charge is 0.166 e. The third-order valence-corrected chi connectivity index (χ3v) is 2.79. The Labute approximate surface area is 91.7 Å². The quantitative estimate of drug-likeness (QED) is 0.406. The van der Waals surface area contributed by atoms with Crippen LogP contribution in [0.25, 0.3) is 0 Å². The van der Waals surface area contributed by atoms with Crippen LogP contribution in [0.4, 0.5) is 0 Å². The Morgan fingerprint density at radius 3 is 2.20 bits per heavy atom. The molecule has 0 amide bonds. The molecule has 0 spiro atoms. The zero-order valence-corrected chi connectivity index (χ0v) is 9.93. The first kappa shape index (κ1) is 12.2. The first-order valence-corrected chi connectivity index (χ1v) is 5.73. The summed E-state index contributed by atoms with van der Waals surface area (Å²) in [5.74, 6) is 0.0692. The summed E-state index contributed by atoms with van der Waals surface area (Å²) in [7, 11) is 0. The molecule has 0 aromatic rings. The van der Waals surface area contributed by atoms with Crippen LogP contribution < -0.4 is 0 Å². The van der Waals surface area contributed by atoms with Gasteiger partial charge in [-0.15, -0.1) is 0 Å². The van der Waals surface area contributed by atoms with E-state index >= 15 is 0 Å². The van der Waals surface area contributed by atoms with E-state index in [1.165, 1.54) is 0 Å². The fourth-order valence-electron chi connectivity index (χ4n) is 1.96. The molecule has 0 atom stereocenters. The number of ketones is 2. The molecule has 15 heavy (non-hydrogen) atoms. The van der Waals surface area contributed by atoms with Gasteiger partial charge in [-0.25, -0.2) is 0 Å². The molecule has 1 aliphatic rings. The Balaban J connectivity index is 2.71. The predicted molar refractivity (Wildman–Crippen MR) is 60.6 cm³/mol. The molecule has 0 aromatic heterocycles. The molecule has 0 saturated heterocycles. The average Bonchev–Trinajstić information content (AvgIpc) is 2.08. The van der Waals surface area contributed by atoms with Gasteiger partial charge in [0.2, 0.25) is 0 Å². The van der Waals surface area contributed by atoms with Crippen molar-refractivity contribution >= 4 is 11.6 Å². The SMILES string of the molecule is CCCCC=C1C(=O)CC(C)(C)CC1=O. The van der Waals surface area contributed by atoms with E-state index in [4.69, 9.17) is 0 Å². The Kier molecular flexibility index (Phi) is 3.83. The summed E-state index contributed by atoms with van der Waals surface area (Å²) in [6.07, 6.45) is 5.85. The zero-order chi connectivity index (χ0) is 11.5. The van der Waals surface area contributed by atoms with Crippen LogP contribution in [0.15, 0.2) is 11.6 Å². The molecule has 84 valence electrons. The minimum Gasteiger partial charge on any atom is -0.294 e. The highest BCUT2D eigenvalue weighted by Gasteiger charge is 2.35. The monoisotopic (exact) mass is 208 g/mol. The Morgan fingerprint density at radius 1 is 1.20 bits per heavy atom. The summed E-state index contributed by atoms with van der Waals surface area (Å²) in [4.78, 5) is 23.5. The standard InChI is InChI=1S/C13H20O2/c1-4-5-6-7-10-11(14)8-13(2,3)9-12(10)15/h7H,4-6,8-9H2,1-3H3. The van der Waals surface area contributed by atoms with Gasteiger partial charge in [0.05, 0.1) is 5.57 Å². The number of Topliss-reactive ketones (excluding diaryl/α,β-unsaturated/α-hetero) is 2. The van der Waals surface area contributed by atoms with Gasteiger partial charge < -0.3 is 0 Å². The summed E-state index contributed by atoms with van der Waals surface area (Å²) in [6.45, 7) is 6.06. The van der Waals surface area contributed by atoms with Crippen LogP contribution in [0.3, 0.4) is 0 Å². The lowest BCUT2D eigenvalue weighted by atomic mass is 9.74. The Morgan fingerprint density at radius 2 is 1.73 bits per heavy atom. The van der Waals surface area contributed by atoms with Crippen molar-refractivity contribution in [1.82, 2.24) is 0 Å². The van der Waals surface area contributed by atoms with E-state index in [2.05, 4.69) is 6.92 Å². The van der Waals surface area contributed by atoms with E-state index in [-0.39, 0.29) is 17.0 Å². The molecule has 0 bridgehead atoms. The molecule has 0 N–H and O–H groups in total. The third kappa shape index (κ3) is 3.29. The van der Waals surface area contributed by atoms with Crippen molar-refractivity contribution in [3.8, 4) is 0 Å². The van der Waals surface area contributed by atoms with Gasteiger partial charge in [-0.2, -0.15) is 0 Å². The fourth-order valence-corrected chi connectivity index (χ4v) is 1.96. The van der Waals surface area contributed by atoms with E-state index in [0.717, 1.165) is 19.3 Å². The summed E-state index contributed by atoms with van der Waals surface area (Å²) in [5.41, 5.74) is 0.318. The highest BCUT2D eigenvalue weighted by molar-refractivity contribution is 6.22. The van der Waals surface area contributed by atoms with Crippen LogP contribution in [0, 0.1) is 5.41 Å². The van der Waals surface area contributed by atoms with Crippen LogP contribution >= 0.6 is 0 Å². The number of hydrogen-bond donors (Lipinski definition) is 0. The van der Waals surface area contributed by atoms with Crippen molar-refractivity contribution in [2.45, 2.75) is 52.9 Å². The number of allylic oxidation sites excluding steroid dienone is 2. The first-order chi connectivity index (χ1) is 6.96. The van der Waals surface area contributed by atoms with Crippen LogP contribution in [0.2, 0.25) is 0 Å². The fraction of sp³-hybridized carbons (Fsp3) is 0.692. The van der Waals surface area contributed by atoms with Crippen LogP contribution in [-0.2, 0) is 9.59 Å². The predicted octanol–water partition coefficient (Wildman–Crippen LogP) is 3.06. The summed E-state index contributed by atoms with van der Waals surface area (Å²) >= 11 is 0. The van der Waals surface area contributed by atoms with Gasteiger partial charge in [0.25, 0.3) is 0 Å². The molecular formula is C13H20O2. The van der Waals surface area contributed by atoms with Gasteiger partial charge in [0.1, 0.15) is 0 Å². The van der Waals surface area contributed by atoms with Crippen molar-refractivity contribution in [3.63, 3.8) is 0 Å². The van der Waals surface area contributed by atoms with E-state index in [1.54, 1.807) is 0 Å². The number of rotatable bonds is 3. The second-order valence-electron chi connectivity index (χ2n) is 5.12. The second-order valence-corrected chi connectivity index (χ2v) is 5.12. The lowest BCUT2D eigenvalue weighted by Gasteiger charge is -2.28. The van der Waals surface area contributed by atoms with Crippen molar-refractivity contribution in [2.24, 2.45) is 5.41 Å². The normalized spacial score (nSPS) is 20.6. The van der Waals surface area contributed by atoms with Crippen molar-refractivity contribution < 1.29 is 9.59 Å². The van der Waals surface area contributed by atoms with Crippen molar-refractivity contribution in [2.75, 3.05) is 0 Å². The average molecular weight is 208 g/mol. The van der Waals surface area contributed by atoms with Gasteiger partial charge in [0, 0.05) is 12.8 Å². The molecular weight excluding hydrogens is 188 g/mol. The van der Waals surface area contributed by atoms with Crippen LogP contribution in [0.5, 0.6) is 0 Å². The number of carbonyl (C=O) groups is 2. The maximum atomic E-state index is 11.7. The highest BCUT2D eigenvalue weighted by Crippen LogP contribution is 2.33. The number of unbranched alkanes of at least 4 members (excludes halogenated alkanes) is 2. The van der Waals surface area contributed by atoms with Crippen molar-refractivity contribution in [1.29, 1.82) is 0 Å². The maximum absolute atomic E-state index is 11.7. The van der Waals surface area contributed by atoms with Gasteiger partial charge in [0.15, 0.2) is 11.6 Å². The molecule has 1 aliphatic carbocycles. The van der Waals surface area contributed by atoms with Gasteiger partial charge in [-0.3, -0.25) is 9.59 Å². The molecule has 1 fully saturated rings. The van der Waals surface area contributed by atoms with Crippen LogP contribution in [-0.4, -0.2) is 11.6 Å². The van der Waals surface area contributed by atoms with Gasteiger partial charge >= 0.3 is 0 Å². The first-order valence-electron chi connectivity index (χ1n) is 5.73. The highest BCUT2D eigenvalue weighted by atomic mass is 16.1. The molecule has 0 unspecified atom stereocenters. The minimum atomic E-state index is -0.143. The van der Waals surface area contributed by atoms with E-state index in [9.17, 15) is 9.59 Å². The topological polar surface area (TPSA) is 34.1 Å². The largest absolute Gasteiger partial charge is 0.294 e. The lowest BCUT2D eigenvalue weighted by Crippen LogP contribution is -2.31. The molecule has 0 aromatic carbocycles. The lowest BCUT2D eigenvalue weighted by molar-refractivity contribution is -0.127. The van der Waals surface area contributed by atoms with Crippen LogP contribution in [0.1, 0.15) is 52.9 Å². The third-order valence-electron chi connectivity index (χ3n) is 2.79. The molecule has 2 nitrogen and oxygen atoms in total. The van der Waals surface area contributed by atoms with E-state index < -0.39 is 0 Å². The number of hydrogen-bond acceptors (Lipinski definition) is 2. The second kappa shape index (κ2) is 4.73. The molecule has 1 saturated carbocycles. The minimum absolute atomic E-state index is 0.0346. The van der Waals surface area contributed by atoms with E-state index in [0.29, 0.717) is 18.4 Å². The number of carbonyl (C=O) groups excluding carboxylic acids is 2. The Bertz CT molecular complexity index is 276. The zero-order valence-electron chi connectivity index (χ0n) is 9.93. The summed E-state index contributed by atoms with van der Waals surface area (Å²) < 4.78 is 0. The molecule has 0 radical (unpaired) electrons. The molecule has 1 rings (SSSR count). The summed E-state index contributed by atoms with van der Waals surface area (Å²) in [6, 6.07) is 0. The molecule has 0 heterocycles. The van der Waals surface area contributed by atoms with Gasteiger partial charge in [-0.05, 0) is 11.8 Å². The molecule has 0 aliphatic heterocycles. The van der Waals surface area contributed by atoms with Crippen molar-refractivity contribution in [3.05, 3.63) is 11.6 Å².